The van der Waals surface area contributed by atoms with E-state index in [1.807, 2.05) is 24.3 Å². The summed E-state index contributed by atoms with van der Waals surface area (Å²) in [6.07, 6.45) is 1.50. The molecule has 0 bridgehead atoms. The van der Waals surface area contributed by atoms with Gasteiger partial charge in [0.25, 0.3) is 5.91 Å². The summed E-state index contributed by atoms with van der Waals surface area (Å²) in [6.45, 7) is 0.411. The van der Waals surface area contributed by atoms with Crippen molar-refractivity contribution in [3.8, 4) is 11.8 Å². The molecule has 0 aliphatic rings. The summed E-state index contributed by atoms with van der Waals surface area (Å²) in [7, 11) is 0. The quantitative estimate of drug-likeness (QED) is 0.195. The average Bonchev–Trinajstić information content (AvgIpc) is 2.84. The van der Waals surface area contributed by atoms with Gasteiger partial charge in [0, 0.05) is 5.69 Å². The molecule has 0 fully saturated rings. The molecule has 4 rings (SSSR count). The van der Waals surface area contributed by atoms with Gasteiger partial charge in [-0.2, -0.15) is 5.26 Å². The Kier molecular flexibility index (Phi) is 7.54. The number of nitrogens with zero attached hydrogens (tertiary/aromatic N) is 1. The average molecular weight is 552 g/mol. The zero-order valence-electron chi connectivity index (χ0n) is 17.7. The molecular weight excluding hydrogens is 535 g/mol. The largest absolute Gasteiger partial charge is 0.488 e. The third kappa shape index (κ3) is 5.78. The second-order valence-electron chi connectivity index (χ2n) is 7.41. The summed E-state index contributed by atoms with van der Waals surface area (Å²) in [5.41, 5.74) is 2.12. The van der Waals surface area contributed by atoms with Crippen molar-refractivity contribution >= 4 is 67.6 Å². The molecule has 1 amide bonds. The first-order valence-corrected chi connectivity index (χ1v) is 11.8. The van der Waals surface area contributed by atoms with Crippen LogP contribution in [0.3, 0.4) is 0 Å². The van der Waals surface area contributed by atoms with Crippen molar-refractivity contribution in [2.24, 2.45) is 0 Å². The zero-order valence-corrected chi connectivity index (χ0v) is 20.8. The van der Waals surface area contributed by atoms with Gasteiger partial charge in [-0.3, -0.25) is 4.79 Å². The molecule has 34 heavy (non-hydrogen) atoms. The van der Waals surface area contributed by atoms with Crippen LogP contribution in [0.25, 0.3) is 16.8 Å². The fourth-order valence-corrected chi connectivity index (χ4v) is 4.11. The minimum Gasteiger partial charge on any atom is -0.488 e. The Balaban J connectivity index is 1.45. The lowest BCUT2D eigenvalue weighted by Gasteiger charge is -2.10. The van der Waals surface area contributed by atoms with Gasteiger partial charge in [-0.1, -0.05) is 65.7 Å². The number of carbonyl (C=O) groups excluding carboxylic acids is 1. The minimum atomic E-state index is -0.548. The maximum Gasteiger partial charge on any atom is 0.266 e. The van der Waals surface area contributed by atoms with Gasteiger partial charge in [0.15, 0.2) is 0 Å². The summed E-state index contributed by atoms with van der Waals surface area (Å²) in [5, 5.41) is 15.2. The molecule has 7 heteroatoms. The molecular formula is C27H17BrCl2N2O2. The van der Waals surface area contributed by atoms with Crippen LogP contribution in [-0.2, 0) is 11.4 Å². The van der Waals surface area contributed by atoms with Gasteiger partial charge >= 0.3 is 0 Å². The molecule has 4 aromatic rings. The first kappa shape index (κ1) is 23.8. The second kappa shape index (κ2) is 10.8. The van der Waals surface area contributed by atoms with E-state index in [0.29, 0.717) is 38.1 Å². The number of ether oxygens (including phenoxy) is 1. The van der Waals surface area contributed by atoms with Gasteiger partial charge in [0.2, 0.25) is 0 Å². The zero-order chi connectivity index (χ0) is 24.1. The van der Waals surface area contributed by atoms with Crippen molar-refractivity contribution in [2.75, 3.05) is 5.32 Å². The molecule has 0 atom stereocenters. The van der Waals surface area contributed by atoms with Gasteiger partial charge in [-0.25, -0.2) is 0 Å². The first-order valence-electron chi connectivity index (χ1n) is 10.2. The van der Waals surface area contributed by atoms with Crippen molar-refractivity contribution in [1.82, 2.24) is 0 Å². The molecule has 0 aliphatic heterocycles. The summed E-state index contributed by atoms with van der Waals surface area (Å²) in [6, 6.07) is 26.4. The summed E-state index contributed by atoms with van der Waals surface area (Å²) >= 11 is 15.4. The highest BCUT2D eigenvalue weighted by atomic mass is 79.9. The second-order valence-corrected chi connectivity index (χ2v) is 9.08. The Hall–Kier alpha value is -3.30. The molecule has 0 spiro atoms. The molecule has 4 nitrogen and oxygen atoms in total. The van der Waals surface area contributed by atoms with Gasteiger partial charge in [0.1, 0.15) is 24.0 Å². The summed E-state index contributed by atoms with van der Waals surface area (Å²) < 4.78 is 6.68. The van der Waals surface area contributed by atoms with E-state index in [0.717, 1.165) is 10.9 Å². The third-order valence-corrected chi connectivity index (χ3v) is 6.38. The molecule has 0 saturated carbocycles. The number of benzene rings is 4. The van der Waals surface area contributed by atoms with Crippen LogP contribution in [0.15, 0.2) is 88.9 Å². The van der Waals surface area contributed by atoms with Crippen LogP contribution in [0.4, 0.5) is 5.69 Å². The molecule has 0 radical (unpaired) electrons. The van der Waals surface area contributed by atoms with E-state index in [4.69, 9.17) is 27.9 Å². The fourth-order valence-electron chi connectivity index (χ4n) is 3.30. The topological polar surface area (TPSA) is 62.1 Å². The highest BCUT2D eigenvalue weighted by Gasteiger charge is 2.11. The molecule has 0 aromatic heterocycles. The van der Waals surface area contributed by atoms with Crippen molar-refractivity contribution < 1.29 is 9.53 Å². The summed E-state index contributed by atoms with van der Waals surface area (Å²) in [4.78, 5) is 12.5. The first-order chi connectivity index (χ1) is 16.4. The van der Waals surface area contributed by atoms with Crippen molar-refractivity contribution in [1.29, 1.82) is 5.26 Å². The Morgan fingerprint density at radius 3 is 2.50 bits per heavy atom. The van der Waals surface area contributed by atoms with Crippen molar-refractivity contribution in [3.63, 3.8) is 0 Å². The summed E-state index contributed by atoms with van der Waals surface area (Å²) in [5.74, 6) is 0.109. The maximum atomic E-state index is 12.5. The van der Waals surface area contributed by atoms with E-state index in [1.54, 1.807) is 30.3 Å². The Bertz CT molecular complexity index is 1460. The molecule has 0 unspecified atom stereocenters. The van der Waals surface area contributed by atoms with Crippen LogP contribution in [0.5, 0.6) is 5.75 Å². The number of hydrogen-bond acceptors (Lipinski definition) is 3. The molecule has 0 saturated heterocycles. The van der Waals surface area contributed by atoms with Gasteiger partial charge in [0.05, 0.1) is 14.5 Å². The lowest BCUT2D eigenvalue weighted by molar-refractivity contribution is -0.112. The van der Waals surface area contributed by atoms with Gasteiger partial charge < -0.3 is 10.1 Å². The van der Waals surface area contributed by atoms with Gasteiger partial charge in [-0.05, 0) is 80.3 Å². The van der Waals surface area contributed by atoms with Gasteiger partial charge in [-0.15, -0.1) is 0 Å². The fraction of sp³-hybridized carbons (Fsp3) is 0.0370. The number of rotatable bonds is 6. The van der Waals surface area contributed by atoms with E-state index in [1.165, 1.54) is 17.5 Å². The monoisotopic (exact) mass is 550 g/mol. The van der Waals surface area contributed by atoms with Crippen LogP contribution in [0.2, 0.25) is 10.0 Å². The molecule has 4 aromatic carbocycles. The lowest BCUT2D eigenvalue weighted by atomic mass is 10.1. The van der Waals surface area contributed by atoms with Crippen LogP contribution in [0.1, 0.15) is 11.1 Å². The number of nitriles is 1. The number of nitrogens with one attached hydrogen (secondary N) is 1. The molecule has 0 heterocycles. The number of fused-ring (bicyclic) bond motifs is 1. The molecule has 0 aliphatic carbocycles. The Morgan fingerprint density at radius 1 is 0.971 bits per heavy atom. The SMILES string of the molecule is N#C/C(=C\c1ccc(OCc2ccc3ccccc3c2)c(Br)c1)C(=O)Nc1ccc(Cl)c(Cl)c1. The van der Waals surface area contributed by atoms with E-state index in [9.17, 15) is 10.1 Å². The highest BCUT2D eigenvalue weighted by Crippen LogP contribution is 2.29. The predicted octanol–water partition coefficient (Wildman–Crippen LogP) is 8.03. The standard InChI is InChI=1S/C27H17BrCl2N2O2/c28-23-13-17(11-21(15-31)27(33)32-22-8-9-24(29)25(30)14-22)6-10-26(23)34-16-18-5-7-19-3-1-2-4-20(19)12-18/h1-14H,16H2,(H,32,33)/b21-11+. The van der Waals surface area contributed by atoms with Crippen LogP contribution >= 0.6 is 39.1 Å². The predicted molar refractivity (Wildman–Crippen MR) is 141 cm³/mol. The highest BCUT2D eigenvalue weighted by molar-refractivity contribution is 9.10. The maximum absolute atomic E-state index is 12.5. The number of carbonyl (C=O) groups is 1. The van der Waals surface area contributed by atoms with Crippen molar-refractivity contribution in [2.45, 2.75) is 6.61 Å². The van der Waals surface area contributed by atoms with E-state index in [-0.39, 0.29) is 5.57 Å². The normalized spacial score (nSPS) is 11.2. The minimum absolute atomic E-state index is 0.0530. The van der Waals surface area contributed by atoms with Crippen LogP contribution < -0.4 is 10.1 Å². The van der Waals surface area contributed by atoms with E-state index in [2.05, 4.69) is 45.5 Å². The Labute approximate surface area is 215 Å². The number of amides is 1. The lowest BCUT2D eigenvalue weighted by Crippen LogP contribution is -2.13. The van der Waals surface area contributed by atoms with E-state index >= 15 is 0 Å². The molecule has 1 N–H and O–H groups in total. The van der Waals surface area contributed by atoms with E-state index < -0.39 is 5.91 Å². The third-order valence-electron chi connectivity index (χ3n) is 5.02. The smallest absolute Gasteiger partial charge is 0.266 e. The van der Waals surface area contributed by atoms with Crippen LogP contribution in [0, 0.1) is 11.3 Å². The Morgan fingerprint density at radius 2 is 1.76 bits per heavy atom. The number of halogens is 3. The number of hydrogen-bond donors (Lipinski definition) is 1. The number of anilines is 1. The van der Waals surface area contributed by atoms with Crippen LogP contribution in [-0.4, -0.2) is 5.91 Å². The molecule has 168 valence electrons. The van der Waals surface area contributed by atoms with Crippen molar-refractivity contribution in [3.05, 3.63) is 110 Å².